The van der Waals surface area contributed by atoms with Gasteiger partial charge in [-0.05, 0) is 31.4 Å². The molecular formula is C16H23N3O. The smallest absolute Gasteiger partial charge is 0.258 e. The van der Waals surface area contributed by atoms with E-state index >= 15 is 0 Å². The van der Waals surface area contributed by atoms with E-state index in [1.807, 2.05) is 18.2 Å². The first-order chi connectivity index (χ1) is 9.64. The molecule has 2 rings (SSSR count). The summed E-state index contributed by atoms with van der Waals surface area (Å²) < 4.78 is 1.57. The number of fused-ring (bicyclic) bond motifs is 1. The molecule has 0 saturated heterocycles. The molecule has 0 atom stereocenters. The van der Waals surface area contributed by atoms with Crippen LogP contribution in [0.25, 0.3) is 5.65 Å². The van der Waals surface area contributed by atoms with Gasteiger partial charge in [0.25, 0.3) is 5.56 Å². The number of rotatable bonds is 6. The molecule has 108 valence electrons. The fourth-order valence-corrected chi connectivity index (χ4v) is 2.60. The van der Waals surface area contributed by atoms with Crippen molar-refractivity contribution in [3.63, 3.8) is 0 Å². The largest absolute Gasteiger partial charge is 0.306 e. The minimum Gasteiger partial charge on any atom is -0.306 e. The molecule has 0 aliphatic rings. The second kappa shape index (κ2) is 6.18. The van der Waals surface area contributed by atoms with Crippen molar-refractivity contribution in [1.82, 2.24) is 14.7 Å². The molecule has 0 amide bonds. The predicted molar refractivity (Wildman–Crippen MR) is 81.9 cm³/mol. The normalized spacial score (nSPS) is 11.9. The van der Waals surface area contributed by atoms with Gasteiger partial charge in [0.2, 0.25) is 0 Å². The van der Waals surface area contributed by atoms with Crippen LogP contribution in [0.1, 0.15) is 45.7 Å². The molecule has 20 heavy (non-hydrogen) atoms. The molecule has 0 fully saturated rings. The minimum atomic E-state index is -0.0255. The maximum absolute atomic E-state index is 12.0. The molecule has 0 bridgehead atoms. The van der Waals surface area contributed by atoms with Crippen molar-refractivity contribution < 1.29 is 0 Å². The van der Waals surface area contributed by atoms with Crippen molar-refractivity contribution >= 4 is 5.65 Å². The third kappa shape index (κ3) is 2.90. The van der Waals surface area contributed by atoms with Gasteiger partial charge in [-0.1, -0.05) is 26.8 Å². The monoisotopic (exact) mass is 273 g/mol. The summed E-state index contributed by atoms with van der Waals surface area (Å²) in [6.07, 6.45) is 4.97. The van der Waals surface area contributed by atoms with E-state index in [4.69, 9.17) is 0 Å². The van der Waals surface area contributed by atoms with Crippen molar-refractivity contribution in [3.05, 3.63) is 46.5 Å². The Balaban J connectivity index is 2.24. The van der Waals surface area contributed by atoms with Crippen LogP contribution < -0.4 is 10.9 Å². The Bertz CT molecular complexity index is 621. The molecule has 0 spiro atoms. The molecular weight excluding hydrogens is 250 g/mol. The summed E-state index contributed by atoms with van der Waals surface area (Å²) >= 11 is 0. The standard InChI is InChI=1S/C16H23N3O/c1-4-16(5-2,6-3)17-12-13-11-15(20)19-10-8-7-9-14(19)18-13/h7-11,17H,4-6,12H2,1-3H3. The zero-order valence-electron chi connectivity index (χ0n) is 12.5. The zero-order valence-corrected chi connectivity index (χ0v) is 12.5. The molecule has 2 aromatic heterocycles. The van der Waals surface area contributed by atoms with E-state index in [1.165, 1.54) is 0 Å². The second-order valence-electron chi connectivity index (χ2n) is 5.21. The maximum atomic E-state index is 12.0. The highest BCUT2D eigenvalue weighted by Gasteiger charge is 2.22. The minimum absolute atomic E-state index is 0.0255. The molecule has 0 aromatic carbocycles. The highest BCUT2D eigenvalue weighted by atomic mass is 16.1. The quantitative estimate of drug-likeness (QED) is 0.880. The van der Waals surface area contributed by atoms with Crippen LogP contribution in [-0.4, -0.2) is 14.9 Å². The summed E-state index contributed by atoms with van der Waals surface area (Å²) in [6.45, 7) is 7.23. The summed E-state index contributed by atoms with van der Waals surface area (Å²) in [6, 6.07) is 7.21. The van der Waals surface area contributed by atoms with Crippen LogP contribution in [0.2, 0.25) is 0 Å². The highest BCUT2D eigenvalue weighted by Crippen LogP contribution is 2.19. The van der Waals surface area contributed by atoms with Gasteiger partial charge in [0.05, 0.1) is 5.69 Å². The fourth-order valence-electron chi connectivity index (χ4n) is 2.60. The lowest BCUT2D eigenvalue weighted by atomic mass is 9.90. The molecule has 4 heteroatoms. The summed E-state index contributed by atoms with van der Waals surface area (Å²) in [4.78, 5) is 16.6. The molecule has 0 aliphatic carbocycles. The van der Waals surface area contributed by atoms with Gasteiger partial charge in [-0.25, -0.2) is 4.98 Å². The van der Waals surface area contributed by atoms with Crippen LogP contribution in [0.15, 0.2) is 35.3 Å². The number of hydrogen-bond acceptors (Lipinski definition) is 3. The first kappa shape index (κ1) is 14.7. The molecule has 0 radical (unpaired) electrons. The van der Waals surface area contributed by atoms with Crippen LogP contribution >= 0.6 is 0 Å². The summed E-state index contributed by atoms with van der Waals surface area (Å²) in [7, 11) is 0. The van der Waals surface area contributed by atoms with Gasteiger partial charge >= 0.3 is 0 Å². The van der Waals surface area contributed by atoms with Crippen LogP contribution in [-0.2, 0) is 6.54 Å². The van der Waals surface area contributed by atoms with E-state index in [0.717, 1.165) is 25.0 Å². The first-order valence-corrected chi connectivity index (χ1v) is 7.36. The van der Waals surface area contributed by atoms with E-state index in [9.17, 15) is 4.79 Å². The molecule has 1 N–H and O–H groups in total. The van der Waals surface area contributed by atoms with Crippen LogP contribution in [0.5, 0.6) is 0 Å². The van der Waals surface area contributed by atoms with Gasteiger partial charge in [0.1, 0.15) is 5.65 Å². The van der Waals surface area contributed by atoms with E-state index in [1.54, 1.807) is 16.7 Å². The first-order valence-electron chi connectivity index (χ1n) is 7.36. The van der Waals surface area contributed by atoms with Crippen molar-refractivity contribution in [2.24, 2.45) is 0 Å². The number of pyridine rings is 1. The number of nitrogens with one attached hydrogen (secondary N) is 1. The van der Waals surface area contributed by atoms with Gasteiger partial charge in [-0.3, -0.25) is 9.20 Å². The van der Waals surface area contributed by atoms with Crippen molar-refractivity contribution in [2.75, 3.05) is 0 Å². The Morgan fingerprint density at radius 1 is 1.20 bits per heavy atom. The number of hydrogen-bond donors (Lipinski definition) is 1. The van der Waals surface area contributed by atoms with Gasteiger partial charge in [0, 0.05) is 24.3 Å². The van der Waals surface area contributed by atoms with Crippen LogP contribution in [0.3, 0.4) is 0 Å². The van der Waals surface area contributed by atoms with Gasteiger partial charge in [-0.2, -0.15) is 0 Å². The van der Waals surface area contributed by atoms with Crippen molar-refractivity contribution in [3.8, 4) is 0 Å². The third-order valence-corrected chi connectivity index (χ3v) is 4.30. The fraction of sp³-hybridized carbons (Fsp3) is 0.500. The Labute approximate surface area is 119 Å². The van der Waals surface area contributed by atoms with Crippen molar-refractivity contribution in [1.29, 1.82) is 0 Å². The second-order valence-corrected chi connectivity index (χ2v) is 5.21. The molecule has 0 aliphatic heterocycles. The Hall–Kier alpha value is -1.68. The van der Waals surface area contributed by atoms with Crippen LogP contribution in [0.4, 0.5) is 0 Å². The molecule has 2 heterocycles. The summed E-state index contributed by atoms with van der Waals surface area (Å²) in [5.74, 6) is 0. The van der Waals surface area contributed by atoms with Crippen LogP contribution in [0, 0.1) is 0 Å². The van der Waals surface area contributed by atoms with E-state index in [-0.39, 0.29) is 11.1 Å². The Morgan fingerprint density at radius 3 is 2.55 bits per heavy atom. The van der Waals surface area contributed by atoms with Gasteiger partial charge in [0.15, 0.2) is 0 Å². The van der Waals surface area contributed by atoms with E-state index in [2.05, 4.69) is 31.1 Å². The maximum Gasteiger partial charge on any atom is 0.258 e. The Morgan fingerprint density at radius 2 is 1.90 bits per heavy atom. The van der Waals surface area contributed by atoms with E-state index in [0.29, 0.717) is 12.2 Å². The molecule has 4 nitrogen and oxygen atoms in total. The lowest BCUT2D eigenvalue weighted by molar-refractivity contribution is 0.286. The highest BCUT2D eigenvalue weighted by molar-refractivity contribution is 5.37. The van der Waals surface area contributed by atoms with Crippen molar-refractivity contribution in [2.45, 2.75) is 52.1 Å². The Kier molecular flexibility index (Phi) is 4.55. The topological polar surface area (TPSA) is 46.4 Å². The number of nitrogens with zero attached hydrogens (tertiary/aromatic N) is 2. The SMILES string of the molecule is CCC(CC)(CC)NCc1cc(=O)n2ccccc2n1. The average Bonchev–Trinajstić information content (AvgIpc) is 2.49. The van der Waals surface area contributed by atoms with E-state index < -0.39 is 0 Å². The molecule has 0 unspecified atom stereocenters. The number of aromatic nitrogens is 2. The van der Waals surface area contributed by atoms with Gasteiger partial charge in [-0.15, -0.1) is 0 Å². The lowest BCUT2D eigenvalue weighted by Gasteiger charge is -2.31. The van der Waals surface area contributed by atoms with Gasteiger partial charge < -0.3 is 5.32 Å². The lowest BCUT2D eigenvalue weighted by Crippen LogP contribution is -2.43. The molecule has 2 aromatic rings. The molecule has 0 saturated carbocycles. The summed E-state index contributed by atoms with van der Waals surface area (Å²) in [5.41, 5.74) is 1.62. The average molecular weight is 273 g/mol. The predicted octanol–water partition coefficient (Wildman–Crippen LogP) is 2.75. The summed E-state index contributed by atoms with van der Waals surface area (Å²) in [5, 5.41) is 3.58. The third-order valence-electron chi connectivity index (χ3n) is 4.30. The zero-order chi connectivity index (χ0) is 14.6.